The van der Waals surface area contributed by atoms with Crippen LogP contribution >= 0.6 is 0 Å². The van der Waals surface area contributed by atoms with Gasteiger partial charge < -0.3 is 9.30 Å². The molecule has 0 spiro atoms. The molecule has 1 aromatic heterocycles. The van der Waals surface area contributed by atoms with Crippen molar-refractivity contribution in [2.45, 2.75) is 56.3 Å². The first-order valence-electron chi connectivity index (χ1n) is 8.71. The maximum absolute atomic E-state index is 5.54. The lowest BCUT2D eigenvalue weighted by molar-refractivity contribution is -0.0108. The summed E-state index contributed by atoms with van der Waals surface area (Å²) >= 11 is 0. The molecule has 0 N–H and O–H groups in total. The number of rotatable bonds is 2. The van der Waals surface area contributed by atoms with Gasteiger partial charge in [0.2, 0.25) is 0 Å². The second-order valence-corrected chi connectivity index (χ2v) is 8.20. The predicted molar refractivity (Wildman–Crippen MR) is 79.0 cm³/mol. The quantitative estimate of drug-likeness (QED) is 0.839. The van der Waals surface area contributed by atoms with Gasteiger partial charge in [-0.25, -0.2) is 0 Å². The van der Waals surface area contributed by atoms with Crippen molar-refractivity contribution in [3.8, 4) is 0 Å². The van der Waals surface area contributed by atoms with Gasteiger partial charge in [-0.2, -0.15) is 0 Å². The van der Waals surface area contributed by atoms with Gasteiger partial charge in [-0.3, -0.25) is 0 Å². The van der Waals surface area contributed by atoms with E-state index in [0.29, 0.717) is 11.3 Å². The van der Waals surface area contributed by atoms with Crippen LogP contribution in [0.4, 0.5) is 0 Å². The number of nitrogens with zero attached hydrogens (tertiary/aromatic N) is 3. The minimum absolute atomic E-state index is 0.355. The van der Waals surface area contributed by atoms with E-state index < -0.39 is 0 Å². The Morgan fingerprint density at radius 1 is 1.05 bits per heavy atom. The molecule has 4 aliphatic carbocycles. The summed E-state index contributed by atoms with van der Waals surface area (Å²) in [5, 5.41) is 9.30. The van der Waals surface area contributed by atoms with Gasteiger partial charge in [0.25, 0.3) is 0 Å². The Kier molecular flexibility index (Phi) is 2.59. The maximum atomic E-state index is 5.54. The summed E-state index contributed by atoms with van der Waals surface area (Å²) in [7, 11) is 2.20. The molecule has 0 radical (unpaired) electrons. The van der Waals surface area contributed by atoms with Gasteiger partial charge >= 0.3 is 0 Å². The van der Waals surface area contributed by atoms with E-state index in [9.17, 15) is 0 Å². The van der Waals surface area contributed by atoms with Crippen molar-refractivity contribution in [2.24, 2.45) is 24.8 Å². The van der Waals surface area contributed by atoms with Gasteiger partial charge in [0, 0.05) is 25.0 Å². The second kappa shape index (κ2) is 4.31. The van der Waals surface area contributed by atoms with Crippen molar-refractivity contribution in [3.05, 3.63) is 11.6 Å². The zero-order valence-electron chi connectivity index (χ0n) is 12.9. The Morgan fingerprint density at radius 2 is 1.71 bits per heavy atom. The number of aromatic nitrogens is 3. The molecular formula is C17H25N3O. The molecule has 6 rings (SSSR count). The minimum atomic E-state index is 0.355. The highest BCUT2D eigenvalue weighted by atomic mass is 16.5. The minimum Gasteiger partial charge on any atom is -0.381 e. The van der Waals surface area contributed by atoms with Gasteiger partial charge in [-0.15, -0.1) is 10.2 Å². The van der Waals surface area contributed by atoms with Crippen molar-refractivity contribution in [3.63, 3.8) is 0 Å². The Bertz CT molecular complexity index is 523. The van der Waals surface area contributed by atoms with E-state index in [1.807, 2.05) is 0 Å². The van der Waals surface area contributed by atoms with Gasteiger partial charge in [0.15, 0.2) is 0 Å². The summed E-state index contributed by atoms with van der Waals surface area (Å²) in [4.78, 5) is 0. The second-order valence-electron chi connectivity index (χ2n) is 8.20. The van der Waals surface area contributed by atoms with Crippen molar-refractivity contribution in [1.82, 2.24) is 14.8 Å². The Balaban J connectivity index is 1.52. The van der Waals surface area contributed by atoms with Gasteiger partial charge in [0.1, 0.15) is 11.6 Å². The van der Waals surface area contributed by atoms with E-state index in [4.69, 9.17) is 9.84 Å². The van der Waals surface area contributed by atoms with Gasteiger partial charge in [-0.05, 0) is 62.7 Å². The van der Waals surface area contributed by atoms with Crippen molar-refractivity contribution in [2.75, 3.05) is 13.2 Å². The topological polar surface area (TPSA) is 39.9 Å². The fourth-order valence-corrected chi connectivity index (χ4v) is 6.28. The lowest BCUT2D eigenvalue weighted by Crippen LogP contribution is -2.49. The third-order valence-electron chi connectivity index (χ3n) is 6.72. The van der Waals surface area contributed by atoms with Crippen molar-refractivity contribution >= 4 is 0 Å². The molecule has 1 aliphatic heterocycles. The average Bonchev–Trinajstić information content (AvgIpc) is 3.05. The monoisotopic (exact) mass is 287 g/mol. The summed E-state index contributed by atoms with van der Waals surface area (Å²) in [6.45, 7) is 1.71. The van der Waals surface area contributed by atoms with Crippen molar-refractivity contribution in [1.29, 1.82) is 0 Å². The average molecular weight is 287 g/mol. The van der Waals surface area contributed by atoms with E-state index in [0.717, 1.165) is 37.4 Å². The molecule has 1 aromatic rings. The molecule has 4 bridgehead atoms. The number of hydrogen-bond acceptors (Lipinski definition) is 3. The van der Waals surface area contributed by atoms with Crippen LogP contribution in [0.2, 0.25) is 0 Å². The standard InChI is InChI=1S/C17H25N3O/c1-20-15(14-2-3-21-10-14)18-19-16(20)17-7-11-4-12(8-17)6-13(5-11)9-17/h11-14H,2-10H2,1H3. The van der Waals surface area contributed by atoms with Crippen LogP contribution in [0.1, 0.15) is 62.5 Å². The van der Waals surface area contributed by atoms with Crippen LogP contribution in [0.25, 0.3) is 0 Å². The van der Waals surface area contributed by atoms with Crippen LogP contribution in [0.5, 0.6) is 0 Å². The molecule has 1 saturated heterocycles. The molecule has 1 atom stereocenters. The highest BCUT2D eigenvalue weighted by Gasteiger charge is 2.53. The van der Waals surface area contributed by atoms with Crippen LogP contribution in [-0.4, -0.2) is 28.0 Å². The molecule has 0 aromatic carbocycles. The van der Waals surface area contributed by atoms with Crippen molar-refractivity contribution < 1.29 is 4.74 Å². The molecule has 114 valence electrons. The molecular weight excluding hydrogens is 262 g/mol. The predicted octanol–water partition coefficient (Wildman–Crippen LogP) is 2.79. The molecule has 4 saturated carbocycles. The van der Waals surface area contributed by atoms with Crippen LogP contribution in [0, 0.1) is 17.8 Å². The summed E-state index contributed by atoms with van der Waals surface area (Å²) in [6.07, 6.45) is 9.67. The number of hydrogen-bond donors (Lipinski definition) is 0. The molecule has 1 unspecified atom stereocenters. The smallest absolute Gasteiger partial charge is 0.139 e. The normalized spacial score (nSPS) is 44.6. The highest BCUT2D eigenvalue weighted by Crippen LogP contribution is 2.60. The first kappa shape index (κ1) is 12.6. The lowest BCUT2D eigenvalue weighted by Gasteiger charge is -2.56. The molecule has 0 amide bonds. The highest BCUT2D eigenvalue weighted by molar-refractivity contribution is 5.19. The molecule has 21 heavy (non-hydrogen) atoms. The van der Waals surface area contributed by atoms with E-state index in [1.54, 1.807) is 0 Å². The van der Waals surface area contributed by atoms with Crippen LogP contribution < -0.4 is 0 Å². The van der Waals surface area contributed by atoms with E-state index in [1.165, 1.54) is 50.2 Å². The number of ether oxygens (including phenoxy) is 1. The Hall–Kier alpha value is -0.900. The SMILES string of the molecule is Cn1c(C2CCOC2)nnc1C12CC3CC(CC(C3)C1)C2. The van der Waals surface area contributed by atoms with E-state index >= 15 is 0 Å². The third-order valence-corrected chi connectivity index (χ3v) is 6.72. The van der Waals surface area contributed by atoms with Crippen LogP contribution in [-0.2, 0) is 17.2 Å². The fraction of sp³-hybridized carbons (Fsp3) is 0.882. The van der Waals surface area contributed by atoms with E-state index in [-0.39, 0.29) is 0 Å². The Labute approximate surface area is 126 Å². The van der Waals surface area contributed by atoms with E-state index in [2.05, 4.69) is 16.7 Å². The zero-order valence-corrected chi connectivity index (χ0v) is 12.9. The first-order valence-corrected chi connectivity index (χ1v) is 8.71. The first-order chi connectivity index (χ1) is 10.2. The summed E-state index contributed by atoms with van der Waals surface area (Å²) in [6, 6.07) is 0. The third kappa shape index (κ3) is 1.77. The fourth-order valence-electron chi connectivity index (χ4n) is 6.28. The largest absolute Gasteiger partial charge is 0.381 e. The molecule has 4 heteroatoms. The molecule has 2 heterocycles. The molecule has 5 aliphatic rings. The lowest BCUT2D eigenvalue weighted by atomic mass is 9.49. The molecule has 4 nitrogen and oxygen atoms in total. The van der Waals surface area contributed by atoms with Gasteiger partial charge in [0.05, 0.1) is 6.61 Å². The van der Waals surface area contributed by atoms with Crippen LogP contribution in [0.15, 0.2) is 0 Å². The summed E-state index contributed by atoms with van der Waals surface area (Å²) < 4.78 is 7.88. The molecule has 5 fully saturated rings. The summed E-state index contributed by atoms with van der Waals surface area (Å²) in [5.74, 6) is 5.82. The zero-order chi connectivity index (χ0) is 14.0. The van der Waals surface area contributed by atoms with Gasteiger partial charge in [-0.1, -0.05) is 0 Å². The maximum Gasteiger partial charge on any atom is 0.139 e. The van der Waals surface area contributed by atoms with Crippen LogP contribution in [0.3, 0.4) is 0 Å². The summed E-state index contributed by atoms with van der Waals surface area (Å²) in [5.41, 5.74) is 0.355. The Morgan fingerprint density at radius 3 is 2.29 bits per heavy atom.